The maximum Gasteiger partial charge on any atom is 0.265 e. The van der Waals surface area contributed by atoms with Gasteiger partial charge in [-0.05, 0) is 24.3 Å². The second kappa shape index (κ2) is 7.16. The summed E-state index contributed by atoms with van der Waals surface area (Å²) in [5, 5.41) is 1.90. The number of hydrogen-bond donors (Lipinski definition) is 2. The molecule has 6 heteroatoms. The summed E-state index contributed by atoms with van der Waals surface area (Å²) in [7, 11) is 0. The molecule has 0 bridgehead atoms. The molecule has 0 aliphatic heterocycles. The molecular weight excluding hydrogens is 280 g/mol. The normalized spacial score (nSPS) is 10.5. The number of rotatable bonds is 4. The van der Waals surface area contributed by atoms with Crippen molar-refractivity contribution in [2.45, 2.75) is 0 Å². The third-order valence-corrected chi connectivity index (χ3v) is 2.91. The molecule has 0 fully saturated rings. The first-order valence-electron chi connectivity index (χ1n) is 6.55. The van der Waals surface area contributed by atoms with Crippen molar-refractivity contribution in [1.82, 2.24) is 0 Å². The number of carbonyl (C=O) groups is 2. The maximum absolute atomic E-state index is 11.9. The molecule has 0 atom stereocenters. The predicted molar refractivity (Wildman–Crippen MR) is 85.4 cm³/mol. The quantitative estimate of drug-likeness (QED) is 0.385. The molecule has 2 amide bonds. The van der Waals surface area contributed by atoms with E-state index in [9.17, 15) is 9.59 Å². The van der Waals surface area contributed by atoms with Crippen LogP contribution in [-0.4, -0.2) is 11.8 Å². The second-order valence-corrected chi connectivity index (χ2v) is 4.42. The molecule has 0 saturated carbocycles. The van der Waals surface area contributed by atoms with E-state index in [0.29, 0.717) is 11.4 Å². The summed E-state index contributed by atoms with van der Waals surface area (Å²) >= 11 is 0. The van der Waals surface area contributed by atoms with Crippen LogP contribution in [0.5, 0.6) is 0 Å². The van der Waals surface area contributed by atoms with Gasteiger partial charge in [0.15, 0.2) is 0 Å². The Kier molecular flexibility index (Phi) is 5.02. The molecule has 22 heavy (non-hydrogen) atoms. The summed E-state index contributed by atoms with van der Waals surface area (Å²) in [4.78, 5) is 23.8. The molecule has 0 spiro atoms. The number of para-hydroxylation sites is 2. The van der Waals surface area contributed by atoms with Crippen LogP contribution in [0.2, 0.25) is 0 Å². The minimum Gasteiger partial charge on any atom is -0.268 e. The van der Waals surface area contributed by atoms with Crippen LogP contribution < -0.4 is 21.7 Å². The van der Waals surface area contributed by atoms with Crippen LogP contribution in [0.3, 0.4) is 0 Å². The van der Waals surface area contributed by atoms with Gasteiger partial charge in [0.2, 0.25) is 0 Å². The molecule has 2 rings (SSSR count). The Morgan fingerprint density at radius 3 is 1.32 bits per heavy atom. The van der Waals surface area contributed by atoms with Gasteiger partial charge in [0.1, 0.15) is 0 Å². The third-order valence-electron chi connectivity index (χ3n) is 2.91. The van der Waals surface area contributed by atoms with Crippen LogP contribution in [0, 0.1) is 0 Å². The van der Waals surface area contributed by atoms with E-state index in [0.717, 1.165) is 22.2 Å². The SMILES string of the molecule is NN(C(=O)C=CC(=O)N(N)c1ccccc1)c1ccccc1. The summed E-state index contributed by atoms with van der Waals surface area (Å²) < 4.78 is 0. The fourth-order valence-corrected chi connectivity index (χ4v) is 1.73. The average molecular weight is 296 g/mol. The van der Waals surface area contributed by atoms with Crippen molar-refractivity contribution in [1.29, 1.82) is 0 Å². The largest absolute Gasteiger partial charge is 0.268 e. The predicted octanol–water partition coefficient (Wildman–Crippen LogP) is 1.36. The summed E-state index contributed by atoms with van der Waals surface area (Å²) in [6.45, 7) is 0. The molecular formula is C16H16N4O2. The molecule has 112 valence electrons. The molecule has 0 aliphatic carbocycles. The fourth-order valence-electron chi connectivity index (χ4n) is 1.73. The second-order valence-electron chi connectivity index (χ2n) is 4.42. The van der Waals surface area contributed by atoms with E-state index in [1.165, 1.54) is 0 Å². The molecule has 0 aliphatic rings. The molecule has 4 N–H and O–H groups in total. The van der Waals surface area contributed by atoms with Crippen molar-refractivity contribution < 1.29 is 9.59 Å². The Labute approximate surface area is 128 Å². The van der Waals surface area contributed by atoms with Crippen LogP contribution >= 0.6 is 0 Å². The Hall–Kier alpha value is -2.96. The highest BCUT2D eigenvalue weighted by atomic mass is 16.2. The first-order valence-corrected chi connectivity index (χ1v) is 6.55. The Morgan fingerprint density at radius 2 is 1.00 bits per heavy atom. The lowest BCUT2D eigenvalue weighted by Gasteiger charge is -2.15. The van der Waals surface area contributed by atoms with E-state index in [1.54, 1.807) is 48.5 Å². The van der Waals surface area contributed by atoms with Gasteiger partial charge in [0.05, 0.1) is 11.4 Å². The van der Waals surface area contributed by atoms with Gasteiger partial charge < -0.3 is 0 Å². The van der Waals surface area contributed by atoms with Crippen molar-refractivity contribution in [3.63, 3.8) is 0 Å². The van der Waals surface area contributed by atoms with E-state index < -0.39 is 11.8 Å². The van der Waals surface area contributed by atoms with Crippen LogP contribution in [-0.2, 0) is 9.59 Å². The monoisotopic (exact) mass is 296 g/mol. The van der Waals surface area contributed by atoms with E-state index in [2.05, 4.69) is 0 Å². The van der Waals surface area contributed by atoms with Crippen molar-refractivity contribution in [2.24, 2.45) is 11.7 Å². The Bertz CT molecular complexity index is 612. The average Bonchev–Trinajstić information content (AvgIpc) is 2.59. The van der Waals surface area contributed by atoms with Crippen molar-refractivity contribution in [3.8, 4) is 0 Å². The van der Waals surface area contributed by atoms with Gasteiger partial charge in [-0.2, -0.15) is 0 Å². The fraction of sp³-hybridized carbons (Fsp3) is 0. The third kappa shape index (κ3) is 3.78. The van der Waals surface area contributed by atoms with Gasteiger partial charge in [-0.1, -0.05) is 36.4 Å². The van der Waals surface area contributed by atoms with E-state index >= 15 is 0 Å². The molecule has 6 nitrogen and oxygen atoms in total. The molecule has 0 unspecified atom stereocenters. The first-order chi connectivity index (χ1) is 10.6. The van der Waals surface area contributed by atoms with Crippen molar-refractivity contribution in [2.75, 3.05) is 10.0 Å². The van der Waals surface area contributed by atoms with Crippen molar-refractivity contribution >= 4 is 23.2 Å². The highest BCUT2D eigenvalue weighted by molar-refractivity contribution is 6.07. The van der Waals surface area contributed by atoms with Gasteiger partial charge >= 0.3 is 0 Å². The smallest absolute Gasteiger partial charge is 0.265 e. The van der Waals surface area contributed by atoms with Gasteiger partial charge in [0.25, 0.3) is 11.8 Å². The molecule has 2 aromatic rings. The first kappa shape index (κ1) is 15.4. The Balaban J connectivity index is 2.02. The minimum absolute atomic E-state index is 0.525. The van der Waals surface area contributed by atoms with Gasteiger partial charge in [0, 0.05) is 12.2 Å². The topological polar surface area (TPSA) is 92.7 Å². The van der Waals surface area contributed by atoms with Gasteiger partial charge in [-0.25, -0.2) is 21.7 Å². The highest BCUT2D eigenvalue weighted by Crippen LogP contribution is 2.11. The van der Waals surface area contributed by atoms with E-state index in [-0.39, 0.29) is 0 Å². The molecule has 0 heterocycles. The lowest BCUT2D eigenvalue weighted by Crippen LogP contribution is -2.38. The van der Waals surface area contributed by atoms with E-state index in [1.807, 2.05) is 12.1 Å². The lowest BCUT2D eigenvalue weighted by molar-refractivity contribution is -0.116. The Morgan fingerprint density at radius 1 is 0.682 bits per heavy atom. The number of benzene rings is 2. The van der Waals surface area contributed by atoms with Crippen LogP contribution in [0.4, 0.5) is 11.4 Å². The minimum atomic E-state index is -0.527. The van der Waals surface area contributed by atoms with Crippen LogP contribution in [0.1, 0.15) is 0 Å². The number of amides is 2. The molecule has 2 aromatic carbocycles. The zero-order valence-corrected chi connectivity index (χ0v) is 11.8. The maximum atomic E-state index is 11.9. The standard InChI is InChI=1S/C16H16N4O2/c17-19(13-7-3-1-4-8-13)15(21)11-12-16(22)20(18)14-9-5-2-6-10-14/h1-12H,17-18H2. The number of anilines is 2. The molecule has 0 aromatic heterocycles. The summed E-state index contributed by atoms with van der Waals surface area (Å²) in [5.41, 5.74) is 1.05. The van der Waals surface area contributed by atoms with Crippen LogP contribution in [0.15, 0.2) is 72.8 Å². The summed E-state index contributed by atoms with van der Waals surface area (Å²) in [6, 6.07) is 17.4. The highest BCUT2D eigenvalue weighted by Gasteiger charge is 2.11. The summed E-state index contributed by atoms with van der Waals surface area (Å²) in [6.07, 6.45) is 2.16. The van der Waals surface area contributed by atoms with Gasteiger partial charge in [-0.15, -0.1) is 0 Å². The number of hydrogen-bond acceptors (Lipinski definition) is 4. The zero-order valence-electron chi connectivity index (χ0n) is 11.8. The van der Waals surface area contributed by atoms with E-state index in [4.69, 9.17) is 11.7 Å². The van der Waals surface area contributed by atoms with Crippen molar-refractivity contribution in [3.05, 3.63) is 72.8 Å². The van der Waals surface area contributed by atoms with Crippen LogP contribution in [0.25, 0.3) is 0 Å². The number of nitrogens with two attached hydrogens (primary N) is 2. The lowest BCUT2D eigenvalue weighted by atomic mass is 10.3. The van der Waals surface area contributed by atoms with Gasteiger partial charge in [-0.3, -0.25) is 9.59 Å². The zero-order chi connectivity index (χ0) is 15.9. The molecule has 0 saturated heterocycles. The number of carbonyl (C=O) groups excluding carboxylic acids is 2. The summed E-state index contributed by atoms with van der Waals surface area (Å²) in [5.74, 6) is 10.3. The number of nitrogens with zero attached hydrogens (tertiary/aromatic N) is 2. The number of hydrazine groups is 2. The molecule has 0 radical (unpaired) electrons.